The molecule has 0 saturated heterocycles. The lowest BCUT2D eigenvalue weighted by atomic mass is 9.86. The Labute approximate surface area is 124 Å². The normalized spacial score (nSPS) is 24.8. The van der Waals surface area contributed by atoms with Gasteiger partial charge >= 0.3 is 0 Å². The van der Waals surface area contributed by atoms with E-state index in [0.717, 1.165) is 24.1 Å². The summed E-state index contributed by atoms with van der Waals surface area (Å²) in [5.41, 5.74) is 0. The lowest BCUT2D eigenvalue weighted by molar-refractivity contribution is 0.213. The van der Waals surface area contributed by atoms with Crippen molar-refractivity contribution in [2.75, 3.05) is 7.05 Å². The largest absolute Gasteiger partial charge is 0.243 e. The highest BCUT2D eigenvalue weighted by Gasteiger charge is 2.33. The molecule has 0 aromatic carbocycles. The lowest BCUT2D eigenvalue weighted by Crippen LogP contribution is -2.42. The molecule has 1 heterocycles. The van der Waals surface area contributed by atoms with Crippen molar-refractivity contribution in [3.8, 4) is 0 Å². The van der Waals surface area contributed by atoms with Gasteiger partial charge in [-0.05, 0) is 24.8 Å². The average Bonchev–Trinajstić information content (AvgIpc) is 2.88. The van der Waals surface area contributed by atoms with Crippen molar-refractivity contribution in [1.82, 2.24) is 4.31 Å². The van der Waals surface area contributed by atoms with E-state index in [4.69, 9.17) is 11.6 Å². The number of sulfonamides is 1. The van der Waals surface area contributed by atoms with Crippen LogP contribution in [0.2, 0.25) is 0 Å². The summed E-state index contributed by atoms with van der Waals surface area (Å²) in [7, 11) is -1.67. The fourth-order valence-electron chi connectivity index (χ4n) is 2.75. The number of rotatable bonds is 4. The van der Waals surface area contributed by atoms with E-state index in [0.29, 0.717) is 16.7 Å². The van der Waals surface area contributed by atoms with Gasteiger partial charge in [0.1, 0.15) is 0 Å². The molecule has 6 heteroatoms. The Balaban J connectivity index is 2.23. The van der Waals surface area contributed by atoms with E-state index in [1.54, 1.807) is 22.8 Å². The highest BCUT2D eigenvalue weighted by atomic mass is 35.5. The van der Waals surface area contributed by atoms with Crippen molar-refractivity contribution < 1.29 is 8.42 Å². The molecule has 1 aromatic heterocycles. The van der Waals surface area contributed by atoms with Gasteiger partial charge in [-0.25, -0.2) is 8.42 Å². The molecule has 0 aliphatic heterocycles. The SMILES string of the molecule is CC1CCCCC1N(C)S(=O)(=O)c1csc(CCl)c1. The van der Waals surface area contributed by atoms with E-state index in [-0.39, 0.29) is 6.04 Å². The predicted molar refractivity (Wildman–Crippen MR) is 80.2 cm³/mol. The molecular formula is C13H20ClNO2S2. The zero-order valence-corrected chi connectivity index (χ0v) is 13.7. The van der Waals surface area contributed by atoms with Crippen molar-refractivity contribution in [2.45, 2.75) is 49.4 Å². The van der Waals surface area contributed by atoms with Crippen LogP contribution in [0.15, 0.2) is 16.3 Å². The molecule has 0 N–H and O–H groups in total. The average molecular weight is 322 g/mol. The van der Waals surface area contributed by atoms with E-state index in [2.05, 4.69) is 6.92 Å². The van der Waals surface area contributed by atoms with Crippen molar-refractivity contribution >= 4 is 33.0 Å². The van der Waals surface area contributed by atoms with E-state index >= 15 is 0 Å². The van der Waals surface area contributed by atoms with Gasteiger partial charge in [-0.1, -0.05) is 19.8 Å². The summed E-state index contributed by atoms with van der Waals surface area (Å²) in [4.78, 5) is 1.28. The molecule has 0 bridgehead atoms. The summed E-state index contributed by atoms with van der Waals surface area (Å²) >= 11 is 7.15. The van der Waals surface area contributed by atoms with Gasteiger partial charge in [-0.2, -0.15) is 4.31 Å². The third kappa shape index (κ3) is 3.15. The van der Waals surface area contributed by atoms with Crippen LogP contribution >= 0.6 is 22.9 Å². The summed E-state index contributed by atoms with van der Waals surface area (Å²) in [5, 5.41) is 1.69. The molecule has 2 unspecified atom stereocenters. The summed E-state index contributed by atoms with van der Waals surface area (Å²) in [5.74, 6) is 0.795. The fourth-order valence-corrected chi connectivity index (χ4v) is 5.61. The van der Waals surface area contributed by atoms with Crippen LogP contribution in [0.1, 0.15) is 37.5 Å². The van der Waals surface area contributed by atoms with Crippen molar-refractivity contribution in [3.05, 3.63) is 16.3 Å². The third-order valence-corrected chi connectivity index (χ3v) is 7.36. The minimum atomic E-state index is -3.38. The minimum absolute atomic E-state index is 0.123. The van der Waals surface area contributed by atoms with Gasteiger partial charge in [0.05, 0.1) is 10.8 Å². The second kappa shape index (κ2) is 6.12. The van der Waals surface area contributed by atoms with Gasteiger partial charge < -0.3 is 0 Å². The molecule has 0 radical (unpaired) electrons. The van der Waals surface area contributed by atoms with E-state index in [9.17, 15) is 8.42 Å². The topological polar surface area (TPSA) is 37.4 Å². The second-order valence-electron chi connectivity index (χ2n) is 5.23. The maximum Gasteiger partial charge on any atom is 0.243 e. The van der Waals surface area contributed by atoms with Gasteiger partial charge in [0.2, 0.25) is 10.0 Å². The van der Waals surface area contributed by atoms with Crippen LogP contribution in [0.5, 0.6) is 0 Å². The van der Waals surface area contributed by atoms with Crippen molar-refractivity contribution in [2.24, 2.45) is 5.92 Å². The molecule has 0 amide bonds. The molecule has 1 fully saturated rings. The van der Waals surface area contributed by atoms with Crippen LogP contribution in [-0.4, -0.2) is 25.8 Å². The first-order valence-corrected chi connectivity index (χ1v) is 9.43. The maximum atomic E-state index is 12.6. The molecule has 3 nitrogen and oxygen atoms in total. The lowest BCUT2D eigenvalue weighted by Gasteiger charge is -2.35. The smallest absolute Gasteiger partial charge is 0.207 e. The molecule has 1 aromatic rings. The number of alkyl halides is 1. The first kappa shape index (κ1) is 15.3. The Kier molecular flexibility index (Phi) is 4.93. The van der Waals surface area contributed by atoms with Crippen LogP contribution in [0, 0.1) is 5.92 Å². The van der Waals surface area contributed by atoms with E-state index in [1.165, 1.54) is 17.8 Å². The molecule has 1 aliphatic rings. The molecule has 2 rings (SSSR count). The highest BCUT2D eigenvalue weighted by Crippen LogP contribution is 2.32. The van der Waals surface area contributed by atoms with Crippen LogP contribution in [0.4, 0.5) is 0 Å². The Morgan fingerprint density at radius 3 is 2.68 bits per heavy atom. The summed E-state index contributed by atoms with van der Waals surface area (Å²) in [6.07, 6.45) is 4.40. The highest BCUT2D eigenvalue weighted by molar-refractivity contribution is 7.89. The summed E-state index contributed by atoms with van der Waals surface area (Å²) < 4.78 is 26.8. The Hall–Kier alpha value is -0.100. The minimum Gasteiger partial charge on any atom is -0.207 e. The zero-order chi connectivity index (χ0) is 14.0. The molecule has 1 saturated carbocycles. The molecule has 19 heavy (non-hydrogen) atoms. The molecular weight excluding hydrogens is 302 g/mol. The number of halogens is 1. The second-order valence-corrected chi connectivity index (χ2v) is 8.49. The van der Waals surface area contributed by atoms with Gasteiger partial charge in [0.25, 0.3) is 0 Å². The Bertz CT molecular complexity index is 527. The molecule has 1 aliphatic carbocycles. The summed E-state index contributed by atoms with van der Waals surface area (Å²) in [6.45, 7) is 2.15. The quantitative estimate of drug-likeness (QED) is 0.793. The van der Waals surface area contributed by atoms with Gasteiger partial charge in [0.15, 0.2) is 0 Å². The van der Waals surface area contributed by atoms with Crippen LogP contribution in [-0.2, 0) is 15.9 Å². The van der Waals surface area contributed by atoms with Crippen molar-refractivity contribution in [1.29, 1.82) is 0 Å². The Morgan fingerprint density at radius 2 is 2.11 bits per heavy atom. The summed E-state index contributed by atoms with van der Waals surface area (Å²) in [6, 6.07) is 1.81. The van der Waals surface area contributed by atoms with Gasteiger partial charge in [0, 0.05) is 23.3 Å². The third-order valence-electron chi connectivity index (χ3n) is 3.97. The first-order chi connectivity index (χ1) is 8.96. The van der Waals surface area contributed by atoms with Gasteiger partial charge in [-0.15, -0.1) is 22.9 Å². The zero-order valence-electron chi connectivity index (χ0n) is 11.3. The number of hydrogen-bond acceptors (Lipinski definition) is 3. The number of nitrogens with zero attached hydrogens (tertiary/aromatic N) is 1. The van der Waals surface area contributed by atoms with Crippen LogP contribution in [0.25, 0.3) is 0 Å². The predicted octanol–water partition coefficient (Wildman–Crippen LogP) is 3.69. The molecule has 2 atom stereocenters. The van der Waals surface area contributed by atoms with E-state index in [1.807, 2.05) is 0 Å². The van der Waals surface area contributed by atoms with Gasteiger partial charge in [-0.3, -0.25) is 0 Å². The fraction of sp³-hybridized carbons (Fsp3) is 0.692. The van der Waals surface area contributed by atoms with Crippen LogP contribution < -0.4 is 0 Å². The first-order valence-electron chi connectivity index (χ1n) is 6.58. The molecule has 108 valence electrons. The van der Waals surface area contributed by atoms with Crippen molar-refractivity contribution in [3.63, 3.8) is 0 Å². The standard InChI is InChI=1S/C13H20ClNO2S2/c1-10-5-3-4-6-13(10)15(2)19(16,17)12-7-11(8-14)18-9-12/h7,9-10,13H,3-6,8H2,1-2H3. The van der Waals surface area contributed by atoms with Crippen LogP contribution in [0.3, 0.4) is 0 Å². The number of thiophene rings is 1. The Morgan fingerprint density at radius 1 is 1.42 bits per heavy atom. The maximum absolute atomic E-state index is 12.6. The molecule has 0 spiro atoms. The van der Waals surface area contributed by atoms with E-state index < -0.39 is 10.0 Å². The number of hydrogen-bond donors (Lipinski definition) is 0. The monoisotopic (exact) mass is 321 g/mol.